The molecule has 5 nitrogen and oxygen atoms in total. The van der Waals surface area contributed by atoms with E-state index in [1.54, 1.807) is 0 Å². The molecule has 1 rings (SSSR count). The van der Waals surface area contributed by atoms with Crippen LogP contribution in [-0.4, -0.2) is 25.6 Å². The molecule has 0 radical (unpaired) electrons. The van der Waals surface area contributed by atoms with Gasteiger partial charge in [-0.2, -0.15) is 21.0 Å². The highest BCUT2D eigenvalue weighted by Crippen LogP contribution is 2.23. The van der Waals surface area contributed by atoms with E-state index in [2.05, 4.69) is 16.8 Å². The van der Waals surface area contributed by atoms with E-state index >= 15 is 0 Å². The minimum atomic E-state index is -5.16. The van der Waals surface area contributed by atoms with Gasteiger partial charge < -0.3 is 14.2 Å². The highest BCUT2D eigenvalue weighted by molar-refractivity contribution is 7.81. The van der Waals surface area contributed by atoms with Gasteiger partial charge in [0.2, 0.25) is 0 Å². The molecule has 17 heavy (non-hydrogen) atoms. The van der Waals surface area contributed by atoms with Crippen molar-refractivity contribution >= 4 is 35.7 Å². The average molecular weight is 280 g/mol. The zero-order valence-electron chi connectivity index (χ0n) is 8.79. The Balaban J connectivity index is 3.32. The summed E-state index contributed by atoms with van der Waals surface area (Å²) < 4.78 is 37.3. The lowest BCUT2D eigenvalue weighted by Crippen LogP contribution is -2.30. The average Bonchev–Trinajstić information content (AvgIpc) is 2.18. The first kappa shape index (κ1) is 14.3. The zero-order chi connectivity index (χ0) is 13.2. The third kappa shape index (κ3) is 3.88. The summed E-state index contributed by atoms with van der Waals surface area (Å²) in [5.41, 5.74) is 0.876. The Morgan fingerprint density at radius 3 is 2.47 bits per heavy atom. The fourth-order valence-electron chi connectivity index (χ4n) is 1.28. The van der Waals surface area contributed by atoms with E-state index in [4.69, 9.17) is 10.0 Å². The molecule has 0 unspecified atom stereocenters. The number of halogens is 1. The van der Waals surface area contributed by atoms with Gasteiger partial charge >= 0.3 is 17.6 Å². The van der Waals surface area contributed by atoms with Gasteiger partial charge in [-0.15, -0.1) is 0 Å². The molecule has 0 saturated carbocycles. The molecule has 0 aliphatic carbocycles. The smallest absolute Gasteiger partial charge is 0.423 e. The lowest BCUT2D eigenvalue weighted by Gasteiger charge is -2.11. The Bertz CT molecular complexity index is 517. The largest absolute Gasteiger partial charge is 0.488 e. The summed E-state index contributed by atoms with van der Waals surface area (Å²) in [6.45, 7) is 1.51. The molecule has 2 N–H and O–H groups in total. The molecule has 0 saturated heterocycles. The fourth-order valence-corrected chi connectivity index (χ4v) is 1.99. The molecule has 0 fully saturated rings. The Hall–Kier alpha value is -0.765. The van der Waals surface area contributed by atoms with Crippen molar-refractivity contribution in [2.75, 3.05) is 0 Å². The number of benzene rings is 1. The molecule has 0 bridgehead atoms. The van der Waals surface area contributed by atoms with Gasteiger partial charge in [-0.05, 0) is 29.6 Å². The lowest BCUT2D eigenvalue weighted by atomic mass is 9.79. The van der Waals surface area contributed by atoms with Crippen LogP contribution in [0.25, 0.3) is 0 Å². The number of hydrogen-bond donors (Lipinski definition) is 3. The minimum Gasteiger partial charge on any atom is -0.423 e. The lowest BCUT2D eigenvalue weighted by molar-refractivity contribution is 0.423. The maximum absolute atomic E-state index is 12.4. The molecule has 1 aromatic rings. The van der Waals surface area contributed by atoms with E-state index < -0.39 is 17.6 Å². The quantitative estimate of drug-likeness (QED) is 0.400. The first-order chi connectivity index (χ1) is 7.74. The third-order valence-electron chi connectivity index (χ3n) is 2.15. The predicted octanol–water partition coefficient (Wildman–Crippen LogP) is -0.302. The topological polar surface area (TPSA) is 83.8 Å². The highest BCUT2D eigenvalue weighted by Gasteiger charge is 2.19. The third-order valence-corrected chi connectivity index (χ3v) is 2.87. The number of thiol groups is 1. The van der Waals surface area contributed by atoms with Gasteiger partial charge in [-0.1, -0.05) is 9.95 Å². The standard InChI is InChI=1S/C8H10BFO5S2/c1-5-6(4-16)2-7(9(11)12)3-8(5)15-17(10,13)14/h2-3,11-12,16H,4H2,1H3. The maximum atomic E-state index is 12.4. The van der Waals surface area contributed by atoms with Gasteiger partial charge in [0.1, 0.15) is 5.75 Å². The summed E-state index contributed by atoms with van der Waals surface area (Å²) in [5.74, 6) is -0.0723. The normalized spacial score (nSPS) is 11.4. The number of rotatable bonds is 4. The summed E-state index contributed by atoms with van der Waals surface area (Å²) >= 11 is 3.99. The highest BCUT2D eigenvalue weighted by atomic mass is 32.3. The summed E-state index contributed by atoms with van der Waals surface area (Å²) in [5, 5.41) is 18.0. The number of hydrogen-bond acceptors (Lipinski definition) is 6. The van der Waals surface area contributed by atoms with Gasteiger partial charge in [-0.3, -0.25) is 0 Å². The van der Waals surface area contributed by atoms with Crippen LogP contribution in [0.1, 0.15) is 11.1 Å². The van der Waals surface area contributed by atoms with Gasteiger partial charge in [0, 0.05) is 5.75 Å². The van der Waals surface area contributed by atoms with Crippen LogP contribution in [0.15, 0.2) is 12.1 Å². The molecular formula is C8H10BFO5S2. The first-order valence-electron chi connectivity index (χ1n) is 4.49. The summed E-state index contributed by atoms with van der Waals surface area (Å²) in [7, 11) is -6.96. The first-order valence-corrected chi connectivity index (χ1v) is 6.43. The maximum Gasteiger partial charge on any atom is 0.488 e. The summed E-state index contributed by atoms with van der Waals surface area (Å²) in [6, 6.07) is 2.47. The van der Waals surface area contributed by atoms with Crippen molar-refractivity contribution in [2.24, 2.45) is 0 Å². The van der Waals surface area contributed by atoms with Crippen molar-refractivity contribution in [3.8, 4) is 5.75 Å². The van der Waals surface area contributed by atoms with E-state index in [0.29, 0.717) is 11.1 Å². The second kappa shape index (κ2) is 5.26. The van der Waals surface area contributed by atoms with E-state index in [1.165, 1.54) is 13.0 Å². The van der Waals surface area contributed by atoms with Gasteiger partial charge in [0.25, 0.3) is 0 Å². The monoisotopic (exact) mass is 280 g/mol. The van der Waals surface area contributed by atoms with Crippen molar-refractivity contribution in [3.63, 3.8) is 0 Å². The van der Waals surface area contributed by atoms with E-state index in [9.17, 15) is 12.3 Å². The Morgan fingerprint density at radius 1 is 1.47 bits per heavy atom. The predicted molar refractivity (Wildman–Crippen MR) is 64.4 cm³/mol. The van der Waals surface area contributed by atoms with Crippen molar-refractivity contribution in [1.29, 1.82) is 0 Å². The van der Waals surface area contributed by atoms with Crippen molar-refractivity contribution in [1.82, 2.24) is 0 Å². The van der Waals surface area contributed by atoms with E-state index in [-0.39, 0.29) is 17.0 Å². The van der Waals surface area contributed by atoms with Crippen molar-refractivity contribution < 1.29 is 26.5 Å². The van der Waals surface area contributed by atoms with Crippen LogP contribution in [0.4, 0.5) is 3.89 Å². The van der Waals surface area contributed by atoms with Crippen LogP contribution in [-0.2, 0) is 16.3 Å². The SMILES string of the molecule is Cc1c(CS)cc(B(O)O)cc1OS(=O)(=O)F. The second-order valence-electron chi connectivity index (χ2n) is 3.31. The summed E-state index contributed by atoms with van der Waals surface area (Å²) in [4.78, 5) is 0. The molecule has 0 aromatic heterocycles. The second-order valence-corrected chi connectivity index (χ2v) is 4.58. The molecule has 0 aliphatic heterocycles. The molecule has 0 amide bonds. The van der Waals surface area contributed by atoms with Crippen LogP contribution in [0.2, 0.25) is 0 Å². The molecule has 94 valence electrons. The van der Waals surface area contributed by atoms with Crippen LogP contribution in [0.5, 0.6) is 5.75 Å². The Morgan fingerprint density at radius 2 is 2.06 bits per heavy atom. The van der Waals surface area contributed by atoms with Gasteiger partial charge in [-0.25, -0.2) is 0 Å². The van der Waals surface area contributed by atoms with Gasteiger partial charge in [0.05, 0.1) is 0 Å². The fraction of sp³-hybridized carbons (Fsp3) is 0.250. The van der Waals surface area contributed by atoms with Crippen LogP contribution in [0, 0.1) is 6.92 Å². The van der Waals surface area contributed by atoms with Crippen molar-refractivity contribution in [2.45, 2.75) is 12.7 Å². The van der Waals surface area contributed by atoms with Crippen LogP contribution in [0.3, 0.4) is 0 Å². The zero-order valence-corrected chi connectivity index (χ0v) is 10.5. The molecule has 0 spiro atoms. The van der Waals surface area contributed by atoms with Gasteiger partial charge in [0.15, 0.2) is 0 Å². The Labute approximate surface area is 104 Å². The molecule has 0 heterocycles. The Kier molecular flexibility index (Phi) is 4.42. The van der Waals surface area contributed by atoms with E-state index in [0.717, 1.165) is 6.07 Å². The molecule has 1 aromatic carbocycles. The van der Waals surface area contributed by atoms with Crippen molar-refractivity contribution in [3.05, 3.63) is 23.3 Å². The van der Waals surface area contributed by atoms with Crippen LogP contribution < -0.4 is 9.65 Å². The molecule has 0 aliphatic rings. The van der Waals surface area contributed by atoms with E-state index in [1.807, 2.05) is 0 Å². The summed E-state index contributed by atoms with van der Waals surface area (Å²) in [6.07, 6.45) is 0. The minimum absolute atomic E-state index is 0.00157. The molecule has 9 heteroatoms. The molecular weight excluding hydrogens is 270 g/mol. The van der Waals surface area contributed by atoms with Crippen LogP contribution >= 0.6 is 12.6 Å². The molecule has 0 atom stereocenters.